The van der Waals surface area contributed by atoms with Crippen LogP contribution in [0.3, 0.4) is 0 Å². The predicted octanol–water partition coefficient (Wildman–Crippen LogP) is 13.0. The van der Waals surface area contributed by atoms with Crippen molar-refractivity contribution in [3.8, 4) is 67.5 Å². The lowest BCUT2D eigenvalue weighted by Crippen LogP contribution is -2.28. The number of rotatable bonds is 3. The van der Waals surface area contributed by atoms with Gasteiger partial charge in [0, 0.05) is 39.5 Å². The van der Waals surface area contributed by atoms with Crippen LogP contribution >= 0.6 is 0 Å². The number of benzene rings is 7. The van der Waals surface area contributed by atoms with E-state index in [1.165, 1.54) is 16.9 Å². The van der Waals surface area contributed by atoms with Gasteiger partial charge in [-0.25, -0.2) is 0 Å². The first-order chi connectivity index (χ1) is 25.3. The fourth-order valence-electron chi connectivity index (χ4n) is 7.94. The quantitative estimate of drug-likeness (QED) is 0.189. The molecule has 2 heterocycles. The first-order valence-electron chi connectivity index (χ1n) is 17.5. The second-order valence-electron chi connectivity index (χ2n) is 13.2. The molecule has 0 spiro atoms. The van der Waals surface area contributed by atoms with Crippen LogP contribution < -0.4 is 14.4 Å². The topological polar surface area (TPSA) is 21.7 Å². The number of para-hydroxylation sites is 3. The third-order valence-electron chi connectivity index (χ3n) is 10.3. The van der Waals surface area contributed by atoms with E-state index in [9.17, 15) is 0 Å². The van der Waals surface area contributed by atoms with Gasteiger partial charge in [0.15, 0.2) is 0 Å². The number of allylic oxidation sites excluding steroid dienone is 2. The third-order valence-corrected chi connectivity index (χ3v) is 10.3. The van der Waals surface area contributed by atoms with Crippen molar-refractivity contribution in [3.63, 3.8) is 0 Å². The van der Waals surface area contributed by atoms with E-state index in [-0.39, 0.29) is 12.0 Å². The number of hydrogen-bond acceptors (Lipinski definition) is 3. The fraction of sp³-hybridized carbons (Fsp3) is 0.0417. The SMILES string of the molecule is C1=CC2c3ccc(-c4cccc5c4-c4cc(-c6ccccc6)ccc4Oc4ccccc4-c4ccccc4O5)cc3N(c3ccccc3)C2C=C1. The van der Waals surface area contributed by atoms with Crippen LogP contribution in [0.15, 0.2) is 188 Å². The molecule has 1 aliphatic carbocycles. The zero-order valence-electron chi connectivity index (χ0n) is 27.8. The predicted molar refractivity (Wildman–Crippen MR) is 208 cm³/mol. The molecule has 7 aromatic rings. The highest BCUT2D eigenvalue weighted by Gasteiger charge is 2.37. The van der Waals surface area contributed by atoms with Gasteiger partial charge in [0.25, 0.3) is 0 Å². The lowest BCUT2D eigenvalue weighted by atomic mass is 9.88. The number of anilines is 2. The second kappa shape index (κ2) is 12.1. The zero-order chi connectivity index (χ0) is 33.7. The zero-order valence-corrected chi connectivity index (χ0v) is 27.8. The van der Waals surface area contributed by atoms with Crippen molar-refractivity contribution in [2.45, 2.75) is 12.0 Å². The van der Waals surface area contributed by atoms with Crippen LogP contribution in [0.2, 0.25) is 0 Å². The van der Waals surface area contributed by atoms with Gasteiger partial charge in [-0.2, -0.15) is 0 Å². The lowest BCUT2D eigenvalue weighted by Gasteiger charge is -2.28. The van der Waals surface area contributed by atoms with Gasteiger partial charge in [0.05, 0.1) is 6.04 Å². The Morgan fingerprint density at radius 2 is 1.02 bits per heavy atom. The van der Waals surface area contributed by atoms with Crippen LogP contribution in [0.4, 0.5) is 11.4 Å². The maximum atomic E-state index is 7.02. The van der Waals surface area contributed by atoms with E-state index >= 15 is 0 Å². The van der Waals surface area contributed by atoms with E-state index < -0.39 is 0 Å². The molecule has 3 nitrogen and oxygen atoms in total. The molecule has 10 rings (SSSR count). The van der Waals surface area contributed by atoms with Crippen LogP contribution in [-0.4, -0.2) is 6.04 Å². The molecule has 2 aliphatic heterocycles. The van der Waals surface area contributed by atoms with Crippen LogP contribution in [-0.2, 0) is 0 Å². The van der Waals surface area contributed by atoms with Crippen LogP contribution in [0, 0.1) is 0 Å². The van der Waals surface area contributed by atoms with E-state index in [4.69, 9.17) is 9.47 Å². The van der Waals surface area contributed by atoms with Gasteiger partial charge in [0.2, 0.25) is 0 Å². The van der Waals surface area contributed by atoms with Crippen LogP contribution in [0.5, 0.6) is 23.0 Å². The van der Waals surface area contributed by atoms with Gasteiger partial charge in [-0.15, -0.1) is 0 Å². The molecule has 0 fully saturated rings. The molecular weight excluding hydrogens is 623 g/mol. The highest BCUT2D eigenvalue weighted by atomic mass is 16.5. The molecule has 0 saturated carbocycles. The van der Waals surface area contributed by atoms with E-state index in [1.807, 2.05) is 36.4 Å². The summed E-state index contributed by atoms with van der Waals surface area (Å²) in [5.74, 6) is 3.39. The molecule has 2 unspecified atom stereocenters. The normalized spacial score (nSPS) is 16.4. The fourth-order valence-corrected chi connectivity index (χ4v) is 7.94. The van der Waals surface area contributed by atoms with Gasteiger partial charge in [-0.05, 0) is 76.3 Å². The molecule has 0 saturated heterocycles. The number of hydrogen-bond donors (Lipinski definition) is 0. The molecule has 2 atom stereocenters. The van der Waals surface area contributed by atoms with Gasteiger partial charge in [-0.3, -0.25) is 0 Å². The Hall–Kier alpha value is -6.58. The first kappa shape index (κ1) is 29.3. The Labute approximate surface area is 298 Å². The Morgan fingerprint density at radius 1 is 0.412 bits per heavy atom. The largest absolute Gasteiger partial charge is 0.456 e. The van der Waals surface area contributed by atoms with E-state index in [0.29, 0.717) is 0 Å². The molecule has 3 heteroatoms. The second-order valence-corrected chi connectivity index (χ2v) is 13.2. The summed E-state index contributed by atoms with van der Waals surface area (Å²) in [5, 5.41) is 0. The summed E-state index contributed by atoms with van der Waals surface area (Å²) in [6, 6.07) is 57.7. The summed E-state index contributed by atoms with van der Waals surface area (Å²) >= 11 is 0. The van der Waals surface area contributed by atoms with E-state index in [2.05, 4.69) is 157 Å². The van der Waals surface area contributed by atoms with Gasteiger partial charge < -0.3 is 14.4 Å². The Balaban J connectivity index is 1.22. The Bertz CT molecular complexity index is 2500. The minimum absolute atomic E-state index is 0.216. The van der Waals surface area contributed by atoms with E-state index in [0.717, 1.165) is 67.5 Å². The Morgan fingerprint density at radius 3 is 1.80 bits per heavy atom. The van der Waals surface area contributed by atoms with Crippen molar-refractivity contribution in [1.29, 1.82) is 0 Å². The van der Waals surface area contributed by atoms with Crippen molar-refractivity contribution >= 4 is 11.4 Å². The molecule has 0 bridgehead atoms. The van der Waals surface area contributed by atoms with Crippen molar-refractivity contribution in [3.05, 3.63) is 194 Å². The van der Waals surface area contributed by atoms with Crippen molar-refractivity contribution in [2.24, 2.45) is 0 Å². The molecule has 242 valence electrons. The minimum atomic E-state index is 0.216. The van der Waals surface area contributed by atoms with Crippen molar-refractivity contribution < 1.29 is 9.47 Å². The van der Waals surface area contributed by atoms with Gasteiger partial charge >= 0.3 is 0 Å². The number of ether oxygens (including phenoxy) is 2. The molecule has 3 aliphatic rings. The van der Waals surface area contributed by atoms with Crippen LogP contribution in [0.1, 0.15) is 11.5 Å². The third kappa shape index (κ3) is 4.97. The summed E-state index contributed by atoms with van der Waals surface area (Å²) in [7, 11) is 0. The van der Waals surface area contributed by atoms with Crippen molar-refractivity contribution in [1.82, 2.24) is 0 Å². The summed E-state index contributed by atoms with van der Waals surface area (Å²) in [6.45, 7) is 0. The average molecular weight is 656 g/mol. The standard InChI is InChI=1S/C48H33NO2/c1-3-14-32(15-4-1)33-27-29-46-41(30-33)48-36(21-13-25-47(48)51-45-24-12-9-20-40(45)39-19-8-11-23-44(39)50-46)34-26-28-38-37-18-7-10-22-42(37)49(43(38)31-34)35-16-5-2-6-17-35/h1-31,37,42H. The highest BCUT2D eigenvalue weighted by molar-refractivity contribution is 5.94. The summed E-state index contributed by atoms with van der Waals surface area (Å²) < 4.78 is 14.0. The van der Waals surface area contributed by atoms with E-state index in [1.54, 1.807) is 0 Å². The number of nitrogens with zero attached hydrogens (tertiary/aromatic N) is 1. The molecule has 51 heavy (non-hydrogen) atoms. The molecule has 0 aromatic heterocycles. The molecule has 0 amide bonds. The maximum Gasteiger partial charge on any atom is 0.136 e. The Kier molecular flexibility index (Phi) is 6.95. The smallest absolute Gasteiger partial charge is 0.136 e. The molecule has 0 N–H and O–H groups in total. The molecule has 7 aromatic carbocycles. The highest BCUT2D eigenvalue weighted by Crippen LogP contribution is 2.53. The van der Waals surface area contributed by atoms with Gasteiger partial charge in [0.1, 0.15) is 23.0 Å². The summed E-state index contributed by atoms with van der Waals surface area (Å²) in [6.07, 6.45) is 9.00. The lowest BCUT2D eigenvalue weighted by molar-refractivity contribution is 0.472. The molecule has 0 radical (unpaired) electrons. The molecular formula is C48H33NO2. The maximum absolute atomic E-state index is 7.02. The van der Waals surface area contributed by atoms with Crippen LogP contribution in [0.25, 0.3) is 44.5 Å². The summed E-state index contributed by atoms with van der Waals surface area (Å²) in [4.78, 5) is 2.49. The van der Waals surface area contributed by atoms with Gasteiger partial charge in [-0.1, -0.05) is 140 Å². The summed E-state index contributed by atoms with van der Waals surface area (Å²) in [5.41, 5.74) is 12.1. The monoisotopic (exact) mass is 655 g/mol. The average Bonchev–Trinajstić information content (AvgIpc) is 3.53. The first-order valence-corrected chi connectivity index (χ1v) is 17.5. The number of fused-ring (bicyclic) bond motifs is 9. The minimum Gasteiger partial charge on any atom is -0.456 e. The van der Waals surface area contributed by atoms with Crippen molar-refractivity contribution in [2.75, 3.05) is 4.90 Å².